The molecule has 0 saturated heterocycles. The molecule has 0 radical (unpaired) electrons. The Kier molecular flexibility index (Phi) is 6.43. The van der Waals surface area contributed by atoms with E-state index in [1.54, 1.807) is 0 Å². The molecular weight excluding hydrogens is 398 g/mol. The summed E-state index contributed by atoms with van der Waals surface area (Å²) in [4.78, 5) is 12.0. The number of hydrogen-bond acceptors (Lipinski definition) is 6. The minimum absolute atomic E-state index is 0.0605. The van der Waals surface area contributed by atoms with Crippen LogP contribution >= 0.6 is 39.0 Å². The second-order valence-electron chi connectivity index (χ2n) is 5.21. The standard InChI is InChI=1S/C15H18BrN3O2S2/c1-8(2)10-6-11(16)9(3)5-12(10)21-7-13(20)17-14-18-19-15(22-4)23-14/h5-6,8H,7H2,1-4H3,(H,17,18,20). The number of ether oxygens (including phenoxy) is 1. The summed E-state index contributed by atoms with van der Waals surface area (Å²) in [6.45, 7) is 6.12. The monoisotopic (exact) mass is 415 g/mol. The number of nitrogens with one attached hydrogen (secondary N) is 1. The van der Waals surface area contributed by atoms with Crippen LogP contribution in [-0.2, 0) is 4.79 Å². The Hall–Kier alpha value is -1.12. The van der Waals surface area contributed by atoms with Gasteiger partial charge in [0.2, 0.25) is 5.13 Å². The minimum atomic E-state index is -0.246. The number of carbonyl (C=O) groups is 1. The van der Waals surface area contributed by atoms with E-state index in [1.807, 2.05) is 25.3 Å². The first-order chi connectivity index (χ1) is 10.9. The molecule has 0 bridgehead atoms. The van der Waals surface area contributed by atoms with Crippen molar-refractivity contribution in [2.75, 3.05) is 18.2 Å². The molecule has 0 spiro atoms. The molecular formula is C15H18BrN3O2S2. The lowest BCUT2D eigenvalue weighted by Crippen LogP contribution is -2.20. The van der Waals surface area contributed by atoms with Gasteiger partial charge < -0.3 is 4.74 Å². The molecule has 5 nitrogen and oxygen atoms in total. The third kappa shape index (κ3) is 4.92. The number of anilines is 1. The van der Waals surface area contributed by atoms with Crippen molar-refractivity contribution in [3.8, 4) is 5.75 Å². The summed E-state index contributed by atoms with van der Waals surface area (Å²) < 4.78 is 7.57. The molecule has 0 aliphatic rings. The Morgan fingerprint density at radius 3 is 2.78 bits per heavy atom. The van der Waals surface area contributed by atoms with Gasteiger partial charge in [-0.3, -0.25) is 10.1 Å². The lowest BCUT2D eigenvalue weighted by Gasteiger charge is -2.15. The molecule has 1 N–H and O–H groups in total. The molecule has 1 heterocycles. The SMILES string of the molecule is CSc1nnc(NC(=O)COc2cc(C)c(Br)cc2C(C)C)s1. The summed E-state index contributed by atoms with van der Waals surface area (Å²) in [5.74, 6) is 0.791. The maximum atomic E-state index is 12.0. The van der Waals surface area contributed by atoms with Crippen molar-refractivity contribution in [3.05, 3.63) is 27.7 Å². The van der Waals surface area contributed by atoms with Gasteiger partial charge in [0.1, 0.15) is 5.75 Å². The Labute approximate surface area is 152 Å². The summed E-state index contributed by atoms with van der Waals surface area (Å²) in [5.41, 5.74) is 2.13. The van der Waals surface area contributed by atoms with Gasteiger partial charge >= 0.3 is 0 Å². The van der Waals surface area contributed by atoms with Crippen LogP contribution in [0, 0.1) is 6.92 Å². The summed E-state index contributed by atoms with van der Waals surface area (Å²) >= 11 is 6.37. The molecule has 2 aromatic rings. The van der Waals surface area contributed by atoms with Gasteiger partial charge in [0.05, 0.1) is 0 Å². The molecule has 8 heteroatoms. The summed E-state index contributed by atoms with van der Waals surface area (Å²) in [6, 6.07) is 3.99. The van der Waals surface area contributed by atoms with Crippen molar-refractivity contribution in [1.29, 1.82) is 0 Å². The summed E-state index contributed by atoms with van der Waals surface area (Å²) in [7, 11) is 0. The first kappa shape index (κ1) is 18.2. The van der Waals surface area contributed by atoms with Crippen LogP contribution in [0.5, 0.6) is 5.75 Å². The lowest BCUT2D eigenvalue weighted by molar-refractivity contribution is -0.118. The van der Waals surface area contributed by atoms with Crippen LogP contribution in [0.4, 0.5) is 5.13 Å². The number of nitrogens with zero attached hydrogens (tertiary/aromatic N) is 2. The predicted octanol–water partition coefficient (Wildman–Crippen LogP) is 4.47. The number of thioether (sulfide) groups is 1. The van der Waals surface area contributed by atoms with Crippen molar-refractivity contribution >= 4 is 50.1 Å². The lowest BCUT2D eigenvalue weighted by atomic mass is 10.0. The molecule has 0 fully saturated rings. The number of amides is 1. The Balaban J connectivity index is 2.02. The number of aromatic nitrogens is 2. The fourth-order valence-electron chi connectivity index (χ4n) is 1.89. The summed E-state index contributed by atoms with van der Waals surface area (Å²) in [6.07, 6.45) is 1.92. The Morgan fingerprint density at radius 1 is 1.43 bits per heavy atom. The molecule has 0 aliphatic carbocycles. The van der Waals surface area contributed by atoms with Crippen LogP contribution in [-0.4, -0.2) is 29.0 Å². The van der Waals surface area contributed by atoms with E-state index in [0.29, 0.717) is 11.0 Å². The highest BCUT2D eigenvalue weighted by Crippen LogP contribution is 2.32. The Bertz CT molecular complexity index is 704. The first-order valence-corrected chi connectivity index (χ1v) is 9.84. The van der Waals surface area contributed by atoms with Gasteiger partial charge in [-0.15, -0.1) is 10.2 Å². The van der Waals surface area contributed by atoms with E-state index in [1.165, 1.54) is 23.1 Å². The number of halogens is 1. The van der Waals surface area contributed by atoms with Crippen molar-refractivity contribution in [1.82, 2.24) is 10.2 Å². The van der Waals surface area contributed by atoms with Crippen LogP contribution in [0.1, 0.15) is 30.9 Å². The molecule has 23 heavy (non-hydrogen) atoms. The van der Waals surface area contributed by atoms with Crippen LogP contribution in [0.15, 0.2) is 20.9 Å². The zero-order valence-electron chi connectivity index (χ0n) is 13.3. The maximum absolute atomic E-state index is 12.0. The Morgan fingerprint density at radius 2 is 2.17 bits per heavy atom. The van der Waals surface area contributed by atoms with E-state index < -0.39 is 0 Å². The molecule has 0 unspecified atom stereocenters. The highest BCUT2D eigenvalue weighted by atomic mass is 79.9. The quantitative estimate of drug-likeness (QED) is 0.556. The van der Waals surface area contributed by atoms with E-state index in [0.717, 1.165) is 25.7 Å². The number of aryl methyl sites for hydroxylation is 1. The van der Waals surface area contributed by atoms with Gasteiger partial charge in [0, 0.05) is 4.47 Å². The number of carbonyl (C=O) groups excluding carboxylic acids is 1. The second kappa shape index (κ2) is 8.12. The average molecular weight is 416 g/mol. The highest BCUT2D eigenvalue weighted by molar-refractivity contribution is 9.10. The van der Waals surface area contributed by atoms with Gasteiger partial charge in [0.25, 0.3) is 5.91 Å². The topological polar surface area (TPSA) is 64.1 Å². The number of hydrogen-bond donors (Lipinski definition) is 1. The molecule has 0 aliphatic heterocycles. The second-order valence-corrected chi connectivity index (χ2v) is 8.09. The van der Waals surface area contributed by atoms with Gasteiger partial charge in [-0.1, -0.05) is 52.9 Å². The first-order valence-electron chi connectivity index (χ1n) is 7.01. The van der Waals surface area contributed by atoms with Crippen molar-refractivity contribution < 1.29 is 9.53 Å². The van der Waals surface area contributed by atoms with E-state index in [-0.39, 0.29) is 12.5 Å². The van der Waals surface area contributed by atoms with Crippen molar-refractivity contribution in [2.45, 2.75) is 31.0 Å². The van der Waals surface area contributed by atoms with E-state index in [9.17, 15) is 4.79 Å². The molecule has 0 saturated carbocycles. The number of rotatable bonds is 6. The molecule has 1 aromatic heterocycles. The van der Waals surface area contributed by atoms with Gasteiger partial charge in [-0.2, -0.15) is 0 Å². The summed E-state index contributed by atoms with van der Waals surface area (Å²) in [5, 5.41) is 11.0. The molecule has 124 valence electrons. The maximum Gasteiger partial charge on any atom is 0.264 e. The van der Waals surface area contributed by atoms with Gasteiger partial charge in [0.15, 0.2) is 10.9 Å². The largest absolute Gasteiger partial charge is 0.483 e. The molecule has 0 atom stereocenters. The van der Waals surface area contributed by atoms with Gasteiger partial charge in [-0.25, -0.2) is 0 Å². The zero-order chi connectivity index (χ0) is 17.0. The highest BCUT2D eigenvalue weighted by Gasteiger charge is 2.13. The fourth-order valence-corrected chi connectivity index (χ4v) is 3.44. The van der Waals surface area contributed by atoms with Crippen LogP contribution < -0.4 is 10.1 Å². The third-order valence-corrected chi connectivity index (χ3v) is 5.77. The molecule has 1 aromatic carbocycles. The third-order valence-electron chi connectivity index (χ3n) is 3.10. The van der Waals surface area contributed by atoms with Gasteiger partial charge in [-0.05, 0) is 42.4 Å². The van der Waals surface area contributed by atoms with E-state index >= 15 is 0 Å². The molecule has 2 rings (SSSR count). The van der Waals surface area contributed by atoms with E-state index in [2.05, 4.69) is 45.3 Å². The average Bonchev–Trinajstić information content (AvgIpc) is 2.95. The van der Waals surface area contributed by atoms with Crippen molar-refractivity contribution in [3.63, 3.8) is 0 Å². The van der Waals surface area contributed by atoms with Crippen LogP contribution in [0.2, 0.25) is 0 Å². The number of benzene rings is 1. The smallest absolute Gasteiger partial charge is 0.264 e. The van der Waals surface area contributed by atoms with E-state index in [4.69, 9.17) is 4.74 Å². The normalized spacial score (nSPS) is 10.9. The van der Waals surface area contributed by atoms with Crippen LogP contribution in [0.25, 0.3) is 0 Å². The fraction of sp³-hybridized carbons (Fsp3) is 0.400. The zero-order valence-corrected chi connectivity index (χ0v) is 16.6. The predicted molar refractivity (Wildman–Crippen MR) is 98.8 cm³/mol. The van der Waals surface area contributed by atoms with Crippen molar-refractivity contribution in [2.24, 2.45) is 0 Å². The molecule has 1 amide bonds. The minimum Gasteiger partial charge on any atom is -0.483 e. The van der Waals surface area contributed by atoms with Crippen LogP contribution in [0.3, 0.4) is 0 Å².